The molecule has 1 aliphatic rings. The average molecular weight is 262 g/mol. The van der Waals surface area contributed by atoms with Crippen molar-refractivity contribution < 1.29 is 19.0 Å². The zero-order valence-corrected chi connectivity index (χ0v) is 11.5. The van der Waals surface area contributed by atoms with E-state index >= 15 is 0 Å². The van der Waals surface area contributed by atoms with Gasteiger partial charge in [-0.15, -0.1) is 0 Å². The molecule has 0 aliphatic carbocycles. The van der Waals surface area contributed by atoms with Crippen LogP contribution in [0, 0.1) is 6.92 Å². The van der Waals surface area contributed by atoms with E-state index < -0.39 is 11.6 Å². The first-order valence-corrected chi connectivity index (χ1v) is 6.07. The van der Waals surface area contributed by atoms with Crippen LogP contribution in [0.5, 0.6) is 5.75 Å². The first-order valence-electron chi connectivity index (χ1n) is 6.07. The maximum Gasteiger partial charge on any atom is 0.343 e. The highest BCUT2D eigenvalue weighted by atomic mass is 16.6. The molecule has 102 valence electrons. The second kappa shape index (κ2) is 5.05. The van der Waals surface area contributed by atoms with Crippen molar-refractivity contribution in [1.29, 1.82) is 0 Å². The van der Waals surface area contributed by atoms with Crippen LogP contribution in [-0.4, -0.2) is 26.8 Å². The molecule has 1 atom stereocenters. The molecule has 0 aromatic heterocycles. The van der Waals surface area contributed by atoms with Crippen molar-refractivity contribution in [2.45, 2.75) is 18.9 Å². The lowest BCUT2D eigenvalue weighted by molar-refractivity contribution is -0.165. The quantitative estimate of drug-likeness (QED) is 0.619. The smallest absolute Gasteiger partial charge is 0.343 e. The molecule has 0 N–H and O–H groups in total. The zero-order valence-electron chi connectivity index (χ0n) is 11.5. The molecule has 1 aromatic rings. The van der Waals surface area contributed by atoms with E-state index in [9.17, 15) is 4.79 Å². The van der Waals surface area contributed by atoms with E-state index in [2.05, 4.69) is 6.58 Å². The Morgan fingerprint density at radius 1 is 1.42 bits per heavy atom. The zero-order chi connectivity index (χ0) is 14.0. The number of methoxy groups -OCH3 is 2. The van der Waals surface area contributed by atoms with Gasteiger partial charge >= 0.3 is 5.97 Å². The van der Waals surface area contributed by atoms with Gasteiger partial charge in [0.2, 0.25) is 0 Å². The summed E-state index contributed by atoms with van der Waals surface area (Å²) < 4.78 is 16.0. The molecule has 0 saturated carbocycles. The summed E-state index contributed by atoms with van der Waals surface area (Å²) in [5.74, 6) is 0.195. The summed E-state index contributed by atoms with van der Waals surface area (Å²) in [7, 11) is 2.93. The van der Waals surface area contributed by atoms with Gasteiger partial charge in [-0.2, -0.15) is 0 Å². The predicted molar refractivity (Wildman–Crippen MR) is 71.1 cm³/mol. The van der Waals surface area contributed by atoms with Crippen LogP contribution in [-0.2, 0) is 19.9 Å². The van der Waals surface area contributed by atoms with E-state index in [0.717, 1.165) is 11.1 Å². The number of esters is 1. The maximum absolute atomic E-state index is 12.2. The molecule has 1 aliphatic heterocycles. The van der Waals surface area contributed by atoms with Gasteiger partial charge in [-0.1, -0.05) is 18.2 Å². The number of hydrogen-bond donors (Lipinski definition) is 0. The van der Waals surface area contributed by atoms with E-state index in [1.165, 1.54) is 7.11 Å². The molecule has 1 unspecified atom stereocenters. The van der Waals surface area contributed by atoms with Gasteiger partial charge in [0.05, 0.1) is 20.8 Å². The Bertz CT molecular complexity index is 521. The summed E-state index contributed by atoms with van der Waals surface area (Å²) in [6.07, 6.45) is 0.416. The van der Waals surface area contributed by atoms with Crippen molar-refractivity contribution >= 4 is 5.97 Å². The normalized spacial score (nSPS) is 22.4. The van der Waals surface area contributed by atoms with Gasteiger partial charge < -0.3 is 14.2 Å². The molecule has 0 radical (unpaired) electrons. The van der Waals surface area contributed by atoms with Gasteiger partial charge in [-0.25, -0.2) is 4.79 Å². The third-order valence-electron chi connectivity index (χ3n) is 3.33. The molecule has 0 spiro atoms. The molecular weight excluding hydrogens is 244 g/mol. The molecule has 1 heterocycles. The number of carbonyl (C=O) groups excluding carboxylic acids is 1. The van der Waals surface area contributed by atoms with Gasteiger partial charge in [0.15, 0.2) is 5.60 Å². The number of carbonyl (C=O) groups is 1. The fourth-order valence-corrected chi connectivity index (χ4v) is 2.40. The Labute approximate surface area is 113 Å². The van der Waals surface area contributed by atoms with Gasteiger partial charge in [0, 0.05) is 12.0 Å². The third kappa shape index (κ3) is 2.24. The summed E-state index contributed by atoms with van der Waals surface area (Å²) in [5, 5.41) is 0. The topological polar surface area (TPSA) is 44.8 Å². The fraction of sp³-hybridized carbons (Fsp3) is 0.400. The molecule has 4 nitrogen and oxygen atoms in total. The second-order valence-electron chi connectivity index (χ2n) is 4.74. The van der Waals surface area contributed by atoms with Gasteiger partial charge in [-0.05, 0) is 24.6 Å². The van der Waals surface area contributed by atoms with E-state index in [1.54, 1.807) is 7.11 Å². The minimum atomic E-state index is -1.14. The Morgan fingerprint density at radius 3 is 2.68 bits per heavy atom. The number of ether oxygens (including phenoxy) is 3. The average Bonchev–Trinajstić information content (AvgIpc) is 2.81. The highest BCUT2D eigenvalue weighted by Crippen LogP contribution is 2.43. The van der Waals surface area contributed by atoms with E-state index in [4.69, 9.17) is 14.2 Å². The van der Waals surface area contributed by atoms with Crippen LogP contribution in [0.4, 0.5) is 0 Å². The van der Waals surface area contributed by atoms with Crippen LogP contribution >= 0.6 is 0 Å². The van der Waals surface area contributed by atoms with Crippen LogP contribution in [0.2, 0.25) is 0 Å². The Morgan fingerprint density at radius 2 is 2.16 bits per heavy atom. The van der Waals surface area contributed by atoms with Gasteiger partial charge in [-0.3, -0.25) is 0 Å². The Balaban J connectivity index is 2.59. The monoisotopic (exact) mass is 262 g/mol. The summed E-state index contributed by atoms with van der Waals surface area (Å²) in [6, 6.07) is 5.66. The van der Waals surface area contributed by atoms with Crippen LogP contribution in [0.3, 0.4) is 0 Å². The molecule has 19 heavy (non-hydrogen) atoms. The number of benzene rings is 1. The lowest BCUT2D eigenvalue weighted by atomic mass is 9.88. The van der Waals surface area contributed by atoms with Crippen LogP contribution in [0.25, 0.3) is 0 Å². The van der Waals surface area contributed by atoms with Gasteiger partial charge in [0.1, 0.15) is 5.75 Å². The summed E-state index contributed by atoms with van der Waals surface area (Å²) in [5.41, 5.74) is 1.46. The van der Waals surface area contributed by atoms with Crippen molar-refractivity contribution in [1.82, 2.24) is 0 Å². The van der Waals surface area contributed by atoms with E-state index in [0.29, 0.717) is 24.3 Å². The first-order chi connectivity index (χ1) is 9.03. The molecule has 2 rings (SSSR count). The predicted octanol–water partition coefficient (Wildman–Crippen LogP) is 2.35. The van der Waals surface area contributed by atoms with Crippen LogP contribution in [0.1, 0.15) is 17.5 Å². The van der Waals surface area contributed by atoms with Crippen LogP contribution < -0.4 is 4.74 Å². The molecular formula is C15H18O4. The number of hydrogen-bond acceptors (Lipinski definition) is 4. The lowest BCUT2D eigenvalue weighted by Crippen LogP contribution is -2.36. The minimum Gasteiger partial charge on any atom is -0.496 e. The summed E-state index contributed by atoms with van der Waals surface area (Å²) >= 11 is 0. The molecule has 1 aromatic carbocycles. The minimum absolute atomic E-state index is 0.353. The molecule has 1 fully saturated rings. The maximum atomic E-state index is 12.2. The second-order valence-corrected chi connectivity index (χ2v) is 4.74. The Kier molecular flexibility index (Phi) is 3.62. The van der Waals surface area contributed by atoms with Crippen molar-refractivity contribution in [3.8, 4) is 5.75 Å². The Hall–Kier alpha value is -1.81. The summed E-state index contributed by atoms with van der Waals surface area (Å²) in [6.45, 7) is 6.21. The van der Waals surface area contributed by atoms with E-state index in [-0.39, 0.29) is 0 Å². The molecule has 0 bridgehead atoms. The lowest BCUT2D eigenvalue weighted by Gasteiger charge is -2.27. The van der Waals surface area contributed by atoms with Crippen molar-refractivity contribution in [2.75, 3.05) is 20.8 Å². The molecule has 4 heteroatoms. The van der Waals surface area contributed by atoms with Gasteiger partial charge in [0.25, 0.3) is 0 Å². The number of rotatable bonds is 3. The highest BCUT2D eigenvalue weighted by Gasteiger charge is 2.48. The van der Waals surface area contributed by atoms with Crippen molar-refractivity contribution in [2.24, 2.45) is 0 Å². The third-order valence-corrected chi connectivity index (χ3v) is 3.33. The summed E-state index contributed by atoms with van der Waals surface area (Å²) in [4.78, 5) is 12.2. The van der Waals surface area contributed by atoms with Crippen molar-refractivity contribution in [3.05, 3.63) is 41.5 Å². The van der Waals surface area contributed by atoms with E-state index in [1.807, 2.05) is 25.1 Å². The largest absolute Gasteiger partial charge is 0.496 e. The SMILES string of the molecule is C=C1COC(C(=O)OC)(c2cc(C)ccc2OC)C1. The highest BCUT2D eigenvalue weighted by molar-refractivity contribution is 5.83. The fourth-order valence-electron chi connectivity index (χ4n) is 2.40. The number of aryl methyl sites for hydroxylation is 1. The first kappa shape index (κ1) is 13.6. The standard InChI is InChI=1S/C15H18O4/c1-10-5-6-13(17-3)12(7-10)15(14(16)18-4)8-11(2)9-19-15/h5-7H,2,8-9H2,1,3-4H3. The van der Waals surface area contributed by atoms with Crippen molar-refractivity contribution in [3.63, 3.8) is 0 Å². The van der Waals surface area contributed by atoms with Crippen LogP contribution in [0.15, 0.2) is 30.4 Å². The molecule has 1 saturated heterocycles. The molecule has 0 amide bonds.